The van der Waals surface area contributed by atoms with E-state index in [1.54, 1.807) is 0 Å². The van der Waals surface area contributed by atoms with Crippen molar-refractivity contribution < 1.29 is 9.32 Å². The minimum atomic E-state index is 0.0178. The molecule has 1 aromatic heterocycles. The van der Waals surface area contributed by atoms with Crippen molar-refractivity contribution in [2.24, 2.45) is 0 Å². The zero-order valence-corrected chi connectivity index (χ0v) is 13.4. The fraction of sp³-hybridized carbons (Fsp3) is 0.375. The van der Waals surface area contributed by atoms with Gasteiger partial charge in [-0.2, -0.15) is 0 Å². The summed E-state index contributed by atoms with van der Waals surface area (Å²) in [6, 6.07) is 7.97. The van der Waals surface area contributed by atoms with E-state index in [-0.39, 0.29) is 5.91 Å². The Morgan fingerprint density at radius 2 is 2.19 bits per heavy atom. The lowest BCUT2D eigenvalue weighted by Gasteiger charge is -2.12. The number of nitrogens with one attached hydrogen (secondary N) is 1. The summed E-state index contributed by atoms with van der Waals surface area (Å²) >= 11 is 1.53. The molecule has 21 heavy (non-hydrogen) atoms. The molecule has 0 aliphatic carbocycles. The van der Waals surface area contributed by atoms with Crippen LogP contribution >= 0.6 is 11.8 Å². The lowest BCUT2D eigenvalue weighted by Crippen LogP contribution is -2.16. The van der Waals surface area contributed by atoms with Crippen LogP contribution in [0.25, 0.3) is 0 Å². The maximum Gasteiger partial charge on any atom is 0.234 e. The molecular weight excluding hydrogens is 284 g/mol. The van der Waals surface area contributed by atoms with Gasteiger partial charge in [0.25, 0.3) is 0 Å². The normalized spacial score (nSPS) is 10.6. The summed E-state index contributed by atoms with van der Waals surface area (Å²) in [5, 5.41) is 6.93. The Morgan fingerprint density at radius 3 is 2.86 bits per heavy atom. The summed E-state index contributed by atoms with van der Waals surface area (Å²) in [6.45, 7) is 5.96. The highest BCUT2D eigenvalue weighted by atomic mass is 32.2. The topological polar surface area (TPSA) is 55.1 Å². The molecule has 0 unspecified atom stereocenters. The zero-order valence-electron chi connectivity index (χ0n) is 12.6. The molecule has 0 atom stereocenters. The fourth-order valence-corrected chi connectivity index (χ4v) is 2.82. The fourth-order valence-electron chi connectivity index (χ4n) is 2.11. The molecule has 0 spiro atoms. The van der Waals surface area contributed by atoms with Crippen molar-refractivity contribution in [3.8, 4) is 0 Å². The second-order valence-corrected chi connectivity index (χ2v) is 5.92. The largest absolute Gasteiger partial charge is 0.361 e. The van der Waals surface area contributed by atoms with Crippen LogP contribution < -0.4 is 5.32 Å². The van der Waals surface area contributed by atoms with Crippen molar-refractivity contribution in [1.29, 1.82) is 0 Å². The maximum absolute atomic E-state index is 12.1. The number of aromatic nitrogens is 1. The number of hydrogen-bond acceptors (Lipinski definition) is 4. The third-order valence-corrected chi connectivity index (χ3v) is 4.13. The molecule has 2 rings (SSSR count). The molecule has 0 bridgehead atoms. The highest BCUT2D eigenvalue weighted by molar-refractivity contribution is 7.99. The minimum absolute atomic E-state index is 0.0178. The molecular formula is C16H20N2O2S. The van der Waals surface area contributed by atoms with Crippen LogP contribution in [0, 0.1) is 13.8 Å². The van der Waals surface area contributed by atoms with Crippen LogP contribution in [0.1, 0.15) is 29.5 Å². The first-order valence-electron chi connectivity index (χ1n) is 6.98. The van der Waals surface area contributed by atoms with Crippen LogP contribution in [0.15, 0.2) is 28.8 Å². The number of rotatable bonds is 6. The highest BCUT2D eigenvalue weighted by Gasteiger charge is 2.09. The Hall–Kier alpha value is -1.75. The second kappa shape index (κ2) is 7.31. The van der Waals surface area contributed by atoms with Crippen LogP contribution in [-0.4, -0.2) is 16.8 Å². The van der Waals surface area contributed by atoms with Crippen LogP contribution in [0.5, 0.6) is 0 Å². The van der Waals surface area contributed by atoms with E-state index in [1.165, 1.54) is 17.3 Å². The van der Waals surface area contributed by atoms with E-state index in [1.807, 2.05) is 38.1 Å². The predicted octanol–water partition coefficient (Wildman–Crippen LogP) is 3.73. The molecule has 2 aromatic rings. The van der Waals surface area contributed by atoms with Crippen molar-refractivity contribution in [2.45, 2.75) is 32.9 Å². The predicted molar refractivity (Wildman–Crippen MR) is 86.6 cm³/mol. The average molecular weight is 304 g/mol. The van der Waals surface area contributed by atoms with Gasteiger partial charge in [0.2, 0.25) is 5.91 Å². The number of carbonyl (C=O) groups excluding carboxylic acids is 1. The lowest BCUT2D eigenvalue weighted by atomic mass is 10.1. The highest BCUT2D eigenvalue weighted by Crippen LogP contribution is 2.21. The first-order chi connectivity index (χ1) is 10.1. The molecule has 0 aliphatic heterocycles. The Bertz CT molecular complexity index is 622. The number of aryl methyl sites for hydroxylation is 3. The van der Waals surface area contributed by atoms with Gasteiger partial charge in [-0.3, -0.25) is 4.79 Å². The van der Waals surface area contributed by atoms with Gasteiger partial charge in [0, 0.05) is 17.5 Å². The SMILES string of the molecule is CCc1cccc(C)c1NC(=O)CSCc1cc(C)on1. The van der Waals surface area contributed by atoms with E-state index in [0.717, 1.165) is 29.1 Å². The summed E-state index contributed by atoms with van der Waals surface area (Å²) in [5.41, 5.74) is 4.08. The Morgan fingerprint density at radius 1 is 1.38 bits per heavy atom. The van der Waals surface area contributed by atoms with Gasteiger partial charge in [-0.25, -0.2) is 0 Å². The Kier molecular flexibility index (Phi) is 5.44. The summed E-state index contributed by atoms with van der Waals surface area (Å²) in [6.07, 6.45) is 0.905. The van der Waals surface area contributed by atoms with Crippen molar-refractivity contribution in [2.75, 3.05) is 11.1 Å². The molecule has 112 valence electrons. The minimum Gasteiger partial charge on any atom is -0.361 e. The van der Waals surface area contributed by atoms with E-state index in [4.69, 9.17) is 4.52 Å². The van der Waals surface area contributed by atoms with E-state index in [2.05, 4.69) is 17.4 Å². The van der Waals surface area contributed by atoms with Gasteiger partial charge in [-0.1, -0.05) is 30.3 Å². The van der Waals surface area contributed by atoms with Gasteiger partial charge in [0.1, 0.15) is 5.76 Å². The molecule has 0 radical (unpaired) electrons. The van der Waals surface area contributed by atoms with E-state index < -0.39 is 0 Å². The molecule has 0 saturated carbocycles. The lowest BCUT2D eigenvalue weighted by molar-refractivity contribution is -0.113. The third kappa shape index (κ3) is 4.36. The maximum atomic E-state index is 12.1. The monoisotopic (exact) mass is 304 g/mol. The van der Waals surface area contributed by atoms with Gasteiger partial charge < -0.3 is 9.84 Å². The number of amides is 1. The van der Waals surface area contributed by atoms with E-state index in [0.29, 0.717) is 11.5 Å². The molecule has 1 heterocycles. The Labute approximate surface area is 129 Å². The summed E-state index contributed by atoms with van der Waals surface area (Å²) < 4.78 is 5.00. The molecule has 0 aliphatic rings. The first kappa shape index (κ1) is 15.6. The molecule has 0 saturated heterocycles. The van der Waals surface area contributed by atoms with Gasteiger partial charge in [-0.15, -0.1) is 11.8 Å². The van der Waals surface area contributed by atoms with Gasteiger partial charge >= 0.3 is 0 Å². The average Bonchev–Trinajstić information content (AvgIpc) is 2.86. The standard InChI is InChI=1S/C16H20N2O2S/c1-4-13-7-5-6-11(2)16(13)17-15(19)10-21-9-14-8-12(3)20-18-14/h5-8H,4,9-10H2,1-3H3,(H,17,19). The van der Waals surface area contributed by atoms with Gasteiger partial charge in [0.05, 0.1) is 11.4 Å². The number of benzene rings is 1. The third-order valence-electron chi connectivity index (χ3n) is 3.16. The Balaban J connectivity index is 1.87. The van der Waals surface area contributed by atoms with Crippen LogP contribution in [0.3, 0.4) is 0 Å². The van der Waals surface area contributed by atoms with Crippen LogP contribution in [0.2, 0.25) is 0 Å². The van der Waals surface area contributed by atoms with Crippen molar-refractivity contribution in [3.05, 3.63) is 46.8 Å². The number of carbonyl (C=O) groups is 1. The van der Waals surface area contributed by atoms with Crippen molar-refractivity contribution in [1.82, 2.24) is 5.16 Å². The van der Waals surface area contributed by atoms with Gasteiger partial charge in [-0.05, 0) is 31.4 Å². The summed E-state index contributed by atoms with van der Waals surface area (Å²) in [4.78, 5) is 12.1. The van der Waals surface area contributed by atoms with E-state index in [9.17, 15) is 4.79 Å². The second-order valence-electron chi connectivity index (χ2n) is 4.93. The van der Waals surface area contributed by atoms with Crippen LogP contribution in [0.4, 0.5) is 5.69 Å². The number of hydrogen-bond donors (Lipinski definition) is 1. The number of para-hydroxylation sites is 1. The molecule has 0 fully saturated rings. The molecule has 1 amide bonds. The number of anilines is 1. The van der Waals surface area contributed by atoms with Crippen molar-refractivity contribution >= 4 is 23.4 Å². The molecule has 4 nitrogen and oxygen atoms in total. The summed E-state index contributed by atoms with van der Waals surface area (Å²) in [5.74, 6) is 1.90. The van der Waals surface area contributed by atoms with Gasteiger partial charge in [0.15, 0.2) is 0 Å². The molecule has 1 N–H and O–H groups in total. The first-order valence-corrected chi connectivity index (χ1v) is 8.14. The van der Waals surface area contributed by atoms with Crippen molar-refractivity contribution in [3.63, 3.8) is 0 Å². The summed E-state index contributed by atoms with van der Waals surface area (Å²) in [7, 11) is 0. The quantitative estimate of drug-likeness (QED) is 0.883. The van der Waals surface area contributed by atoms with Crippen LogP contribution in [-0.2, 0) is 17.0 Å². The smallest absolute Gasteiger partial charge is 0.234 e. The van der Waals surface area contributed by atoms with E-state index >= 15 is 0 Å². The molecule has 5 heteroatoms. The molecule has 1 aromatic carbocycles. The number of nitrogens with zero attached hydrogens (tertiary/aromatic N) is 1. The number of thioether (sulfide) groups is 1. The zero-order chi connectivity index (χ0) is 15.2.